The lowest BCUT2D eigenvalue weighted by atomic mass is 10.1. The first-order valence-corrected chi connectivity index (χ1v) is 9.80. The van der Waals surface area contributed by atoms with E-state index in [0.29, 0.717) is 24.7 Å². The van der Waals surface area contributed by atoms with Gasteiger partial charge in [-0.15, -0.1) is 0 Å². The molecule has 1 aromatic rings. The molecule has 7 nitrogen and oxygen atoms in total. The number of hydrogen-bond donors (Lipinski definition) is 1. The van der Waals surface area contributed by atoms with Gasteiger partial charge < -0.3 is 5.32 Å². The van der Waals surface area contributed by atoms with Gasteiger partial charge in [0.2, 0.25) is 10.0 Å². The Kier molecular flexibility index (Phi) is 4.89. The number of aryl methyl sites for hydroxylation is 1. The third kappa shape index (κ3) is 3.76. The molecule has 0 amide bonds. The number of rotatable bonds is 6. The summed E-state index contributed by atoms with van der Waals surface area (Å²) in [6, 6.07) is 4.38. The molecular formula is C16H23N3O4S. The van der Waals surface area contributed by atoms with Crippen LogP contribution in [0, 0.1) is 23.0 Å². The van der Waals surface area contributed by atoms with Gasteiger partial charge in [-0.25, -0.2) is 8.42 Å². The van der Waals surface area contributed by atoms with E-state index in [9.17, 15) is 18.5 Å². The highest BCUT2D eigenvalue weighted by Gasteiger charge is 2.31. The van der Waals surface area contributed by atoms with E-state index in [4.69, 9.17) is 0 Å². The van der Waals surface area contributed by atoms with Crippen molar-refractivity contribution < 1.29 is 13.3 Å². The zero-order valence-corrected chi connectivity index (χ0v) is 14.6. The van der Waals surface area contributed by atoms with E-state index in [2.05, 4.69) is 5.32 Å². The summed E-state index contributed by atoms with van der Waals surface area (Å²) < 4.78 is 27.0. The lowest BCUT2D eigenvalue weighted by molar-refractivity contribution is -0.385. The van der Waals surface area contributed by atoms with Gasteiger partial charge in [-0.3, -0.25) is 10.1 Å². The van der Waals surface area contributed by atoms with Gasteiger partial charge in [0.05, 0.1) is 9.82 Å². The Balaban J connectivity index is 1.65. The first-order valence-electron chi connectivity index (χ1n) is 8.36. The zero-order chi connectivity index (χ0) is 17.3. The summed E-state index contributed by atoms with van der Waals surface area (Å²) >= 11 is 0. The fourth-order valence-corrected chi connectivity index (χ4v) is 4.65. The number of piperidine rings is 1. The van der Waals surface area contributed by atoms with Crippen molar-refractivity contribution in [3.8, 4) is 0 Å². The van der Waals surface area contributed by atoms with Crippen molar-refractivity contribution in [2.24, 2.45) is 5.92 Å². The third-order valence-corrected chi connectivity index (χ3v) is 6.74. The van der Waals surface area contributed by atoms with Crippen LogP contribution < -0.4 is 5.32 Å². The molecule has 0 radical (unpaired) electrons. The van der Waals surface area contributed by atoms with Crippen molar-refractivity contribution >= 4 is 15.7 Å². The fourth-order valence-electron chi connectivity index (χ4n) is 3.10. The Morgan fingerprint density at radius 1 is 1.25 bits per heavy atom. The van der Waals surface area contributed by atoms with Crippen LogP contribution in [0.2, 0.25) is 0 Å². The maximum atomic E-state index is 12.7. The molecule has 24 heavy (non-hydrogen) atoms. The van der Waals surface area contributed by atoms with Gasteiger partial charge in [0.1, 0.15) is 0 Å². The molecule has 0 aromatic heterocycles. The largest absolute Gasteiger partial charge is 0.314 e. The lowest BCUT2D eigenvalue weighted by Gasteiger charge is -2.31. The quantitative estimate of drug-likeness (QED) is 0.624. The first kappa shape index (κ1) is 17.3. The summed E-state index contributed by atoms with van der Waals surface area (Å²) in [4.78, 5) is 10.5. The highest BCUT2D eigenvalue weighted by atomic mass is 32.2. The molecule has 0 atom stereocenters. The molecule has 1 aliphatic carbocycles. The number of nitrogens with zero attached hydrogens (tertiary/aromatic N) is 2. The molecule has 2 aliphatic rings. The van der Waals surface area contributed by atoms with Gasteiger partial charge >= 0.3 is 0 Å². The molecule has 8 heteroatoms. The van der Waals surface area contributed by atoms with Gasteiger partial charge in [-0.05, 0) is 57.2 Å². The van der Waals surface area contributed by atoms with Gasteiger partial charge in [0.25, 0.3) is 5.69 Å². The van der Waals surface area contributed by atoms with Crippen molar-refractivity contribution in [2.75, 3.05) is 19.6 Å². The topological polar surface area (TPSA) is 92.6 Å². The minimum Gasteiger partial charge on any atom is -0.314 e. The number of nitro groups is 1. The molecule has 0 spiro atoms. The molecule has 2 fully saturated rings. The molecule has 1 saturated heterocycles. The van der Waals surface area contributed by atoms with E-state index in [1.807, 2.05) is 0 Å². The summed E-state index contributed by atoms with van der Waals surface area (Å²) in [6.07, 6.45) is 4.22. The van der Waals surface area contributed by atoms with Crippen LogP contribution in [-0.2, 0) is 10.0 Å². The van der Waals surface area contributed by atoms with E-state index in [-0.39, 0.29) is 10.6 Å². The molecule has 0 unspecified atom stereocenters. The van der Waals surface area contributed by atoms with E-state index < -0.39 is 14.9 Å². The molecular weight excluding hydrogens is 330 g/mol. The molecule has 1 aromatic carbocycles. The number of benzene rings is 1. The van der Waals surface area contributed by atoms with Gasteiger partial charge in [0.15, 0.2) is 0 Å². The maximum Gasteiger partial charge on any atom is 0.272 e. The van der Waals surface area contributed by atoms with Crippen molar-refractivity contribution in [3.63, 3.8) is 0 Å². The molecule has 1 heterocycles. The SMILES string of the molecule is Cc1cc(S(=O)(=O)N2CCC(NCC3CC3)CC2)ccc1[N+](=O)[O-]. The summed E-state index contributed by atoms with van der Waals surface area (Å²) in [6.45, 7) is 3.57. The minimum atomic E-state index is -3.59. The monoisotopic (exact) mass is 353 g/mol. The molecule has 3 rings (SSSR count). The summed E-state index contributed by atoms with van der Waals surface area (Å²) in [7, 11) is -3.59. The van der Waals surface area contributed by atoms with Crippen molar-refractivity contribution in [1.29, 1.82) is 0 Å². The number of sulfonamides is 1. The molecule has 1 N–H and O–H groups in total. The lowest BCUT2D eigenvalue weighted by Crippen LogP contribution is -2.45. The number of hydrogen-bond acceptors (Lipinski definition) is 5. The van der Waals surface area contributed by atoms with Crippen molar-refractivity contribution in [3.05, 3.63) is 33.9 Å². The van der Waals surface area contributed by atoms with E-state index in [1.54, 1.807) is 6.92 Å². The van der Waals surface area contributed by atoms with Gasteiger partial charge in [0, 0.05) is 30.8 Å². The first-order chi connectivity index (χ1) is 11.4. The van der Waals surface area contributed by atoms with Crippen molar-refractivity contribution in [2.45, 2.75) is 43.5 Å². The van der Waals surface area contributed by atoms with Crippen LogP contribution in [0.25, 0.3) is 0 Å². The molecule has 132 valence electrons. The minimum absolute atomic E-state index is 0.0584. The second kappa shape index (κ2) is 6.78. The van der Waals surface area contributed by atoms with Crippen LogP contribution in [0.4, 0.5) is 5.69 Å². The third-order valence-electron chi connectivity index (χ3n) is 4.85. The van der Waals surface area contributed by atoms with Crippen LogP contribution in [0.15, 0.2) is 23.1 Å². The second-order valence-corrected chi connectivity index (χ2v) is 8.67. The predicted molar refractivity (Wildman–Crippen MR) is 90.3 cm³/mol. The molecule has 0 bridgehead atoms. The Labute approximate surface area is 142 Å². The van der Waals surface area contributed by atoms with E-state index in [1.165, 1.54) is 35.3 Å². The number of nitrogens with one attached hydrogen (secondary N) is 1. The smallest absolute Gasteiger partial charge is 0.272 e. The highest BCUT2D eigenvalue weighted by molar-refractivity contribution is 7.89. The van der Waals surface area contributed by atoms with Crippen LogP contribution in [-0.4, -0.2) is 43.3 Å². The Morgan fingerprint density at radius 3 is 2.46 bits per heavy atom. The average molecular weight is 353 g/mol. The molecule has 1 aliphatic heterocycles. The Morgan fingerprint density at radius 2 is 1.92 bits per heavy atom. The summed E-state index contributed by atoms with van der Waals surface area (Å²) in [5.74, 6) is 0.815. The van der Waals surface area contributed by atoms with Crippen LogP contribution >= 0.6 is 0 Å². The number of nitro benzene ring substituents is 1. The van der Waals surface area contributed by atoms with Crippen LogP contribution in [0.5, 0.6) is 0 Å². The van der Waals surface area contributed by atoms with E-state index in [0.717, 1.165) is 25.3 Å². The van der Waals surface area contributed by atoms with Crippen molar-refractivity contribution in [1.82, 2.24) is 9.62 Å². The highest BCUT2D eigenvalue weighted by Crippen LogP contribution is 2.29. The average Bonchev–Trinajstić information content (AvgIpc) is 3.37. The predicted octanol–water partition coefficient (Wildman–Crippen LogP) is 2.06. The van der Waals surface area contributed by atoms with Gasteiger partial charge in [-0.2, -0.15) is 4.31 Å². The maximum absolute atomic E-state index is 12.7. The zero-order valence-electron chi connectivity index (χ0n) is 13.8. The summed E-state index contributed by atoms with van der Waals surface area (Å²) in [5, 5.41) is 14.4. The normalized spacial score (nSPS) is 20.2. The Hall–Kier alpha value is -1.51. The van der Waals surface area contributed by atoms with E-state index >= 15 is 0 Å². The van der Waals surface area contributed by atoms with Gasteiger partial charge in [-0.1, -0.05) is 0 Å². The summed E-state index contributed by atoms with van der Waals surface area (Å²) in [5.41, 5.74) is 0.305. The standard InChI is InChI=1S/C16H23N3O4S/c1-12-10-15(4-5-16(12)19(20)21)24(22,23)18-8-6-14(7-9-18)17-11-13-2-3-13/h4-5,10,13-14,17H,2-3,6-9,11H2,1H3. The van der Waals surface area contributed by atoms with Crippen LogP contribution in [0.3, 0.4) is 0 Å². The second-order valence-electron chi connectivity index (χ2n) is 6.74. The van der Waals surface area contributed by atoms with Crippen LogP contribution in [0.1, 0.15) is 31.2 Å². The Bertz CT molecular complexity index is 723. The fraction of sp³-hybridized carbons (Fsp3) is 0.625. The molecule has 1 saturated carbocycles.